The van der Waals surface area contributed by atoms with Gasteiger partial charge in [0.25, 0.3) is 0 Å². The smallest absolute Gasteiger partial charge is 0.196 e. The van der Waals surface area contributed by atoms with Crippen LogP contribution in [0.1, 0.15) is 21.5 Å². The van der Waals surface area contributed by atoms with Crippen molar-refractivity contribution in [2.24, 2.45) is 0 Å². The third kappa shape index (κ3) is 4.24. The van der Waals surface area contributed by atoms with Gasteiger partial charge in [-0.05, 0) is 12.1 Å². The number of ketones is 1. The first-order chi connectivity index (χ1) is 10.6. The molecule has 0 heterocycles. The molecule has 124 valence electrons. The van der Waals surface area contributed by atoms with Crippen molar-refractivity contribution in [2.75, 3.05) is 28.3 Å². The van der Waals surface area contributed by atoms with Crippen molar-refractivity contribution in [1.29, 1.82) is 0 Å². The van der Waals surface area contributed by atoms with E-state index >= 15 is 0 Å². The summed E-state index contributed by atoms with van der Waals surface area (Å²) in [5.74, 6) is 1.28. The van der Waals surface area contributed by atoms with Crippen molar-refractivity contribution in [2.45, 2.75) is 6.54 Å². The minimum Gasteiger partial charge on any atom is -1.00 e. The minimum atomic E-state index is -0.0462. The first-order valence-electron chi connectivity index (χ1n) is 7.21. The maximum absolute atomic E-state index is 12.7. The lowest BCUT2D eigenvalue weighted by atomic mass is 9.99. The Hall–Kier alpha value is -2.04. The molecule has 0 aromatic heterocycles. The standard InChI is InChI=1S/C18H21NO3.ClH/c1-19(2)12-15-16(21-3)11-10-14(18(15)22-4)17(20)13-8-6-5-7-9-13;/h5-11H,12H2,1-4H3;1H. The molecule has 1 N–H and O–H groups in total. The highest BCUT2D eigenvalue weighted by Crippen LogP contribution is 2.33. The van der Waals surface area contributed by atoms with Gasteiger partial charge in [0.2, 0.25) is 0 Å². The van der Waals surface area contributed by atoms with Crippen LogP contribution in [0.15, 0.2) is 42.5 Å². The number of carbonyl (C=O) groups excluding carboxylic acids is 1. The Labute approximate surface area is 143 Å². The van der Waals surface area contributed by atoms with E-state index in [9.17, 15) is 4.79 Å². The molecular formula is C18H22ClNO3. The molecule has 0 aliphatic heterocycles. The molecule has 0 saturated heterocycles. The lowest BCUT2D eigenvalue weighted by molar-refractivity contribution is -0.872. The second-order valence-corrected chi connectivity index (χ2v) is 5.41. The van der Waals surface area contributed by atoms with E-state index in [1.807, 2.05) is 50.5 Å². The maximum Gasteiger partial charge on any atom is 0.196 e. The molecule has 0 spiro atoms. The number of quaternary nitrogens is 1. The Morgan fingerprint density at radius 2 is 1.65 bits per heavy atom. The topological polar surface area (TPSA) is 40.0 Å². The van der Waals surface area contributed by atoms with Crippen molar-refractivity contribution < 1.29 is 31.6 Å². The number of nitrogens with one attached hydrogen (secondary N) is 1. The molecule has 23 heavy (non-hydrogen) atoms. The number of hydrogen-bond donors (Lipinski definition) is 1. The summed E-state index contributed by atoms with van der Waals surface area (Å²) in [6.07, 6.45) is 0. The zero-order valence-corrected chi connectivity index (χ0v) is 14.6. The Morgan fingerprint density at radius 3 is 2.17 bits per heavy atom. The summed E-state index contributed by atoms with van der Waals surface area (Å²) < 4.78 is 11.0. The number of methoxy groups -OCH3 is 2. The Bertz CT molecular complexity index is 657. The van der Waals surface area contributed by atoms with Gasteiger partial charge in [-0.1, -0.05) is 30.3 Å². The number of benzene rings is 2. The largest absolute Gasteiger partial charge is 1.00 e. The lowest BCUT2D eigenvalue weighted by Gasteiger charge is -2.17. The SMILES string of the molecule is COc1ccc(C(=O)c2ccccc2)c(OC)c1C[NH+](C)C.[Cl-]. The van der Waals surface area contributed by atoms with Crippen molar-refractivity contribution in [3.05, 3.63) is 59.2 Å². The van der Waals surface area contributed by atoms with Gasteiger partial charge in [0.15, 0.2) is 5.78 Å². The fraction of sp³-hybridized carbons (Fsp3) is 0.278. The summed E-state index contributed by atoms with van der Waals surface area (Å²) in [7, 11) is 7.31. The van der Waals surface area contributed by atoms with E-state index in [1.165, 1.54) is 4.90 Å². The third-order valence-electron chi connectivity index (χ3n) is 3.45. The predicted molar refractivity (Wildman–Crippen MR) is 85.9 cm³/mol. The number of ether oxygens (including phenoxy) is 2. The van der Waals surface area contributed by atoms with Crippen LogP contribution in [-0.2, 0) is 6.54 Å². The molecule has 2 aromatic carbocycles. The highest BCUT2D eigenvalue weighted by Gasteiger charge is 2.22. The van der Waals surface area contributed by atoms with Gasteiger partial charge < -0.3 is 26.8 Å². The molecule has 0 saturated carbocycles. The molecule has 0 unspecified atom stereocenters. The van der Waals surface area contributed by atoms with Crippen LogP contribution in [0.25, 0.3) is 0 Å². The second kappa shape index (κ2) is 8.56. The summed E-state index contributed by atoms with van der Waals surface area (Å²) >= 11 is 0. The van der Waals surface area contributed by atoms with Crippen LogP contribution in [0.3, 0.4) is 0 Å². The van der Waals surface area contributed by atoms with Crippen LogP contribution in [0.4, 0.5) is 0 Å². The van der Waals surface area contributed by atoms with E-state index in [2.05, 4.69) is 0 Å². The Balaban J connectivity index is 0.00000264. The first-order valence-corrected chi connectivity index (χ1v) is 7.21. The van der Waals surface area contributed by atoms with Crippen LogP contribution in [-0.4, -0.2) is 34.1 Å². The summed E-state index contributed by atoms with van der Waals surface area (Å²) in [5.41, 5.74) is 2.12. The first kappa shape index (κ1) is 19.0. The fourth-order valence-electron chi connectivity index (χ4n) is 2.48. The van der Waals surface area contributed by atoms with Gasteiger partial charge in [-0.15, -0.1) is 0 Å². The van der Waals surface area contributed by atoms with Gasteiger partial charge in [0.05, 0.1) is 39.4 Å². The third-order valence-corrected chi connectivity index (χ3v) is 3.45. The van der Waals surface area contributed by atoms with Crippen molar-refractivity contribution in [1.82, 2.24) is 0 Å². The van der Waals surface area contributed by atoms with Crippen LogP contribution >= 0.6 is 0 Å². The van der Waals surface area contributed by atoms with Crippen molar-refractivity contribution in [3.8, 4) is 11.5 Å². The Morgan fingerprint density at radius 1 is 1.00 bits per heavy atom. The molecule has 0 amide bonds. The second-order valence-electron chi connectivity index (χ2n) is 5.41. The van der Waals surface area contributed by atoms with E-state index in [4.69, 9.17) is 9.47 Å². The van der Waals surface area contributed by atoms with Gasteiger partial charge >= 0.3 is 0 Å². The molecule has 0 fully saturated rings. The monoisotopic (exact) mass is 335 g/mol. The molecule has 0 atom stereocenters. The van der Waals surface area contributed by atoms with Gasteiger partial charge in [0.1, 0.15) is 18.0 Å². The van der Waals surface area contributed by atoms with E-state index in [0.29, 0.717) is 23.4 Å². The van der Waals surface area contributed by atoms with Gasteiger partial charge in [-0.2, -0.15) is 0 Å². The molecule has 0 aliphatic carbocycles. The summed E-state index contributed by atoms with van der Waals surface area (Å²) in [5, 5.41) is 0. The minimum absolute atomic E-state index is 0. The number of halogens is 1. The molecule has 0 bridgehead atoms. The molecule has 0 radical (unpaired) electrons. The molecule has 5 heteroatoms. The molecule has 2 aromatic rings. The van der Waals surface area contributed by atoms with Crippen LogP contribution in [0.2, 0.25) is 0 Å². The number of carbonyl (C=O) groups is 1. The summed E-state index contributed by atoms with van der Waals surface area (Å²) in [6.45, 7) is 0.711. The van der Waals surface area contributed by atoms with Crippen molar-refractivity contribution >= 4 is 5.78 Å². The normalized spacial score (nSPS) is 10.1. The quantitative estimate of drug-likeness (QED) is 0.659. The average Bonchev–Trinajstić information content (AvgIpc) is 2.54. The molecule has 2 rings (SSSR count). The Kier molecular flexibility index (Phi) is 7.07. The number of rotatable bonds is 6. The van der Waals surface area contributed by atoms with Gasteiger partial charge in [-0.25, -0.2) is 0 Å². The van der Waals surface area contributed by atoms with Gasteiger partial charge in [-0.3, -0.25) is 4.79 Å². The van der Waals surface area contributed by atoms with E-state index in [1.54, 1.807) is 20.3 Å². The van der Waals surface area contributed by atoms with Crippen LogP contribution in [0.5, 0.6) is 11.5 Å². The summed E-state index contributed by atoms with van der Waals surface area (Å²) in [6, 6.07) is 12.8. The lowest BCUT2D eigenvalue weighted by Crippen LogP contribution is -3.04. The number of hydrogen-bond acceptors (Lipinski definition) is 3. The van der Waals surface area contributed by atoms with Crippen LogP contribution < -0.4 is 26.8 Å². The zero-order valence-electron chi connectivity index (χ0n) is 13.9. The molecule has 0 aliphatic rings. The van der Waals surface area contributed by atoms with E-state index in [-0.39, 0.29) is 18.2 Å². The summed E-state index contributed by atoms with van der Waals surface area (Å²) in [4.78, 5) is 14.0. The van der Waals surface area contributed by atoms with Crippen molar-refractivity contribution in [3.63, 3.8) is 0 Å². The highest BCUT2D eigenvalue weighted by molar-refractivity contribution is 6.11. The zero-order chi connectivity index (χ0) is 16.1. The van der Waals surface area contributed by atoms with E-state index in [0.717, 1.165) is 11.3 Å². The highest BCUT2D eigenvalue weighted by atomic mass is 35.5. The van der Waals surface area contributed by atoms with Gasteiger partial charge in [0, 0.05) is 5.56 Å². The van der Waals surface area contributed by atoms with Crippen LogP contribution in [0, 0.1) is 0 Å². The predicted octanol–water partition coefficient (Wildman–Crippen LogP) is -1.42. The average molecular weight is 336 g/mol. The fourth-order valence-corrected chi connectivity index (χ4v) is 2.48. The van der Waals surface area contributed by atoms with E-state index < -0.39 is 0 Å². The maximum atomic E-state index is 12.7. The molecule has 4 nitrogen and oxygen atoms in total. The molecular weight excluding hydrogens is 314 g/mol.